The molecule has 1 unspecified atom stereocenters. The van der Waals surface area contributed by atoms with Crippen molar-refractivity contribution >= 4 is 29.2 Å². The molecule has 1 heterocycles. The van der Waals surface area contributed by atoms with Crippen LogP contribution in [0.5, 0.6) is 0 Å². The number of halogens is 2. The lowest BCUT2D eigenvalue weighted by Gasteiger charge is -2.15. The maximum absolute atomic E-state index is 13.0. The quantitative estimate of drug-likeness (QED) is 0.838. The van der Waals surface area contributed by atoms with Gasteiger partial charge in [0, 0.05) is 6.07 Å². The highest BCUT2D eigenvalue weighted by Gasteiger charge is 2.23. The molecular weight excluding hydrogens is 353 g/mol. The molecule has 2 rings (SSSR count). The number of ether oxygens (including phenoxy) is 1. The number of hydrogen-bond acceptors (Lipinski definition) is 5. The van der Waals surface area contributed by atoms with Crippen molar-refractivity contribution in [2.45, 2.75) is 26.9 Å². The van der Waals surface area contributed by atoms with Gasteiger partial charge in [0.2, 0.25) is 0 Å². The zero-order valence-electron chi connectivity index (χ0n) is 13.7. The monoisotopic (exact) mass is 367 g/mol. The van der Waals surface area contributed by atoms with Crippen molar-refractivity contribution in [3.63, 3.8) is 0 Å². The number of anilines is 1. The van der Waals surface area contributed by atoms with Gasteiger partial charge in [-0.25, -0.2) is 14.0 Å². The van der Waals surface area contributed by atoms with E-state index in [1.54, 1.807) is 6.92 Å². The third-order valence-corrected chi connectivity index (χ3v) is 3.69. The van der Waals surface area contributed by atoms with Gasteiger partial charge >= 0.3 is 11.6 Å². The SMILES string of the molecule is Cc1cc(=O)oc(C)c1C(=O)OC(C)C(=O)Nc1ccc(F)cc1Cl. The van der Waals surface area contributed by atoms with Crippen LogP contribution < -0.4 is 10.9 Å². The molecule has 1 aromatic carbocycles. The second-order valence-electron chi connectivity index (χ2n) is 5.34. The molecule has 0 radical (unpaired) electrons. The molecule has 1 amide bonds. The zero-order valence-corrected chi connectivity index (χ0v) is 14.4. The molecule has 0 aliphatic rings. The highest BCUT2D eigenvalue weighted by Crippen LogP contribution is 2.23. The minimum Gasteiger partial charge on any atom is -0.449 e. The largest absolute Gasteiger partial charge is 0.449 e. The van der Waals surface area contributed by atoms with Crippen LogP contribution in [0.25, 0.3) is 0 Å². The molecule has 2 aromatic rings. The van der Waals surface area contributed by atoms with Crippen LogP contribution in [0.2, 0.25) is 5.02 Å². The van der Waals surface area contributed by atoms with Crippen molar-refractivity contribution in [3.05, 3.63) is 62.4 Å². The summed E-state index contributed by atoms with van der Waals surface area (Å²) < 4.78 is 23.0. The summed E-state index contributed by atoms with van der Waals surface area (Å²) in [5, 5.41) is 2.46. The van der Waals surface area contributed by atoms with E-state index in [1.165, 1.54) is 19.9 Å². The van der Waals surface area contributed by atoms with E-state index in [9.17, 15) is 18.8 Å². The van der Waals surface area contributed by atoms with Crippen molar-refractivity contribution in [3.8, 4) is 0 Å². The molecule has 8 heteroatoms. The van der Waals surface area contributed by atoms with Crippen molar-refractivity contribution in [1.29, 1.82) is 0 Å². The average molecular weight is 368 g/mol. The van der Waals surface area contributed by atoms with Crippen LogP contribution in [-0.4, -0.2) is 18.0 Å². The van der Waals surface area contributed by atoms with Crippen LogP contribution in [0.4, 0.5) is 10.1 Å². The van der Waals surface area contributed by atoms with Gasteiger partial charge in [0.15, 0.2) is 6.10 Å². The van der Waals surface area contributed by atoms with Crippen LogP contribution in [0.15, 0.2) is 33.5 Å². The first-order valence-corrected chi connectivity index (χ1v) is 7.65. The van der Waals surface area contributed by atoms with E-state index in [0.717, 1.165) is 18.2 Å². The third kappa shape index (κ3) is 4.45. The number of aryl methyl sites for hydroxylation is 2. The predicted molar refractivity (Wildman–Crippen MR) is 89.4 cm³/mol. The van der Waals surface area contributed by atoms with Gasteiger partial charge in [0.1, 0.15) is 17.1 Å². The van der Waals surface area contributed by atoms with Crippen LogP contribution in [0.1, 0.15) is 28.6 Å². The average Bonchev–Trinajstić information content (AvgIpc) is 2.48. The van der Waals surface area contributed by atoms with Crippen LogP contribution in [-0.2, 0) is 9.53 Å². The molecular formula is C17H15ClFNO5. The van der Waals surface area contributed by atoms with Crippen LogP contribution >= 0.6 is 11.6 Å². The van der Waals surface area contributed by atoms with Crippen LogP contribution in [0.3, 0.4) is 0 Å². The molecule has 0 fully saturated rings. The molecule has 1 aromatic heterocycles. The summed E-state index contributed by atoms with van der Waals surface area (Å²) in [6.45, 7) is 4.38. The van der Waals surface area contributed by atoms with E-state index in [2.05, 4.69) is 5.32 Å². The van der Waals surface area contributed by atoms with E-state index in [-0.39, 0.29) is 22.0 Å². The number of carbonyl (C=O) groups is 2. The lowest BCUT2D eigenvalue weighted by atomic mass is 10.1. The van der Waals surface area contributed by atoms with Gasteiger partial charge in [-0.3, -0.25) is 4.79 Å². The zero-order chi connectivity index (χ0) is 18.7. The molecule has 0 aliphatic carbocycles. The Balaban J connectivity index is 2.11. The normalized spacial score (nSPS) is 11.7. The third-order valence-electron chi connectivity index (χ3n) is 3.38. The number of carbonyl (C=O) groups excluding carboxylic acids is 2. The lowest BCUT2D eigenvalue weighted by molar-refractivity contribution is -0.123. The standard InChI is InChI=1S/C17H15ClFNO5/c1-8-6-14(21)24-9(2)15(8)17(23)25-10(3)16(22)20-13-5-4-11(19)7-12(13)18/h4-7,10H,1-3H3,(H,20,22). The Bertz CT molecular complexity index is 867. The summed E-state index contributed by atoms with van der Waals surface area (Å²) in [6.07, 6.45) is -1.15. The number of hydrogen-bond donors (Lipinski definition) is 1. The Morgan fingerprint density at radius 3 is 2.56 bits per heavy atom. The number of benzene rings is 1. The smallest absolute Gasteiger partial charge is 0.342 e. The molecule has 0 aliphatic heterocycles. The lowest BCUT2D eigenvalue weighted by Crippen LogP contribution is -2.30. The second kappa shape index (κ2) is 7.48. The van der Waals surface area contributed by atoms with Gasteiger partial charge < -0.3 is 14.5 Å². The van der Waals surface area contributed by atoms with Gasteiger partial charge in [-0.05, 0) is 44.5 Å². The summed E-state index contributed by atoms with van der Waals surface area (Å²) in [6, 6.07) is 4.64. The maximum atomic E-state index is 13.0. The highest BCUT2D eigenvalue weighted by atomic mass is 35.5. The minimum absolute atomic E-state index is 0.0170. The summed E-state index contributed by atoms with van der Waals surface area (Å²) >= 11 is 5.83. The Morgan fingerprint density at radius 1 is 1.28 bits per heavy atom. The topological polar surface area (TPSA) is 85.6 Å². The summed E-state index contributed by atoms with van der Waals surface area (Å²) in [5.74, 6) is -1.88. The van der Waals surface area contributed by atoms with Crippen LogP contribution in [0, 0.1) is 19.7 Å². The molecule has 1 atom stereocenters. The Labute approximate surface area is 147 Å². The Kier molecular flexibility index (Phi) is 5.58. The molecule has 0 saturated heterocycles. The van der Waals surface area contributed by atoms with E-state index in [4.69, 9.17) is 20.8 Å². The van der Waals surface area contributed by atoms with Gasteiger partial charge in [-0.1, -0.05) is 11.6 Å². The predicted octanol–water partition coefficient (Wildman–Crippen LogP) is 3.23. The minimum atomic E-state index is -1.15. The first-order valence-electron chi connectivity index (χ1n) is 7.27. The van der Waals surface area contributed by atoms with Gasteiger partial charge in [-0.15, -0.1) is 0 Å². The number of rotatable bonds is 4. The number of amides is 1. The Hall–Kier alpha value is -2.67. The fourth-order valence-electron chi connectivity index (χ4n) is 2.16. The van der Waals surface area contributed by atoms with Gasteiger partial charge in [-0.2, -0.15) is 0 Å². The Morgan fingerprint density at radius 2 is 1.96 bits per heavy atom. The van der Waals surface area contributed by atoms with Crippen molar-refractivity contribution in [2.24, 2.45) is 0 Å². The summed E-state index contributed by atoms with van der Waals surface area (Å²) in [4.78, 5) is 35.6. The van der Waals surface area contributed by atoms with Gasteiger partial charge in [0.25, 0.3) is 5.91 Å². The number of esters is 1. The first kappa shape index (κ1) is 18.7. The molecule has 132 valence electrons. The molecule has 0 bridgehead atoms. The van der Waals surface area contributed by atoms with Crippen molar-refractivity contribution < 1.29 is 23.1 Å². The molecule has 25 heavy (non-hydrogen) atoms. The first-order chi connectivity index (χ1) is 11.7. The number of nitrogens with one attached hydrogen (secondary N) is 1. The van der Waals surface area contributed by atoms with E-state index < -0.39 is 29.4 Å². The van der Waals surface area contributed by atoms with E-state index in [0.29, 0.717) is 5.56 Å². The van der Waals surface area contributed by atoms with Crippen molar-refractivity contribution in [2.75, 3.05) is 5.32 Å². The highest BCUT2D eigenvalue weighted by molar-refractivity contribution is 6.33. The van der Waals surface area contributed by atoms with Crippen molar-refractivity contribution in [1.82, 2.24) is 0 Å². The van der Waals surface area contributed by atoms with E-state index >= 15 is 0 Å². The fourth-order valence-corrected chi connectivity index (χ4v) is 2.38. The maximum Gasteiger partial charge on any atom is 0.342 e. The van der Waals surface area contributed by atoms with Gasteiger partial charge in [0.05, 0.1) is 10.7 Å². The molecule has 6 nitrogen and oxygen atoms in total. The van der Waals surface area contributed by atoms with E-state index in [1.807, 2.05) is 0 Å². The molecule has 0 saturated carbocycles. The molecule has 1 N–H and O–H groups in total. The summed E-state index contributed by atoms with van der Waals surface area (Å²) in [7, 11) is 0. The summed E-state index contributed by atoms with van der Waals surface area (Å²) in [5.41, 5.74) is 0.0735. The second-order valence-corrected chi connectivity index (χ2v) is 5.75. The molecule has 0 spiro atoms. The fraction of sp³-hybridized carbons (Fsp3) is 0.235.